The molecule has 1 amide bonds. The van der Waals surface area contributed by atoms with Gasteiger partial charge >= 0.3 is 0 Å². The van der Waals surface area contributed by atoms with Gasteiger partial charge in [-0.25, -0.2) is 4.68 Å². The number of hydrogen-bond donors (Lipinski definition) is 1. The van der Waals surface area contributed by atoms with Gasteiger partial charge in [0.2, 0.25) is 0 Å². The van der Waals surface area contributed by atoms with Gasteiger partial charge in [-0.1, -0.05) is 18.1 Å². The van der Waals surface area contributed by atoms with Gasteiger partial charge < -0.3 is 9.73 Å². The molecule has 0 spiro atoms. The molecule has 3 heterocycles. The molecule has 1 aliphatic carbocycles. The Morgan fingerprint density at radius 1 is 1.28 bits per heavy atom. The van der Waals surface area contributed by atoms with Crippen molar-refractivity contribution in [1.29, 1.82) is 0 Å². The van der Waals surface area contributed by atoms with Crippen molar-refractivity contribution in [3.05, 3.63) is 36.0 Å². The van der Waals surface area contributed by atoms with Crippen LogP contribution >= 0.6 is 0 Å². The van der Waals surface area contributed by atoms with Crippen LogP contribution in [-0.2, 0) is 6.54 Å². The third-order valence-electron chi connectivity index (χ3n) is 5.27. The number of rotatable bonds is 5. The molecule has 1 unspecified atom stereocenters. The van der Waals surface area contributed by atoms with E-state index in [2.05, 4.69) is 20.5 Å². The molecular weight excluding hydrogens is 318 g/mol. The van der Waals surface area contributed by atoms with Crippen molar-refractivity contribution in [2.24, 2.45) is 0 Å². The Balaban J connectivity index is 1.36. The van der Waals surface area contributed by atoms with E-state index < -0.39 is 0 Å². The summed E-state index contributed by atoms with van der Waals surface area (Å²) in [5.74, 6) is -0.0933. The van der Waals surface area contributed by atoms with E-state index in [-0.39, 0.29) is 11.9 Å². The van der Waals surface area contributed by atoms with Crippen LogP contribution in [0.15, 0.2) is 29.2 Å². The van der Waals surface area contributed by atoms with Crippen LogP contribution in [0.2, 0.25) is 0 Å². The zero-order valence-electron chi connectivity index (χ0n) is 14.4. The van der Waals surface area contributed by atoms with Crippen LogP contribution in [0.4, 0.5) is 0 Å². The lowest BCUT2D eigenvalue weighted by molar-refractivity contribution is 0.0932. The second kappa shape index (κ2) is 7.39. The van der Waals surface area contributed by atoms with Gasteiger partial charge in [0, 0.05) is 24.7 Å². The van der Waals surface area contributed by atoms with E-state index in [1.54, 1.807) is 18.7 Å². The number of hydrogen-bond acceptors (Lipinski definition) is 5. The van der Waals surface area contributed by atoms with Crippen LogP contribution in [0.5, 0.6) is 0 Å². The van der Waals surface area contributed by atoms with Gasteiger partial charge in [-0.2, -0.15) is 0 Å². The minimum absolute atomic E-state index is 0.0933. The van der Waals surface area contributed by atoms with E-state index in [1.807, 2.05) is 10.7 Å². The lowest BCUT2D eigenvalue weighted by Crippen LogP contribution is -2.36. The highest BCUT2D eigenvalue weighted by atomic mass is 16.3. The van der Waals surface area contributed by atoms with Crippen LogP contribution in [0, 0.1) is 0 Å². The summed E-state index contributed by atoms with van der Waals surface area (Å²) in [6.45, 7) is 2.88. The molecule has 0 bridgehead atoms. The Bertz CT molecular complexity index is 690. The largest absolute Gasteiger partial charge is 0.472 e. The maximum Gasteiger partial charge on any atom is 0.273 e. The predicted octanol–water partition coefficient (Wildman–Crippen LogP) is 2.38. The van der Waals surface area contributed by atoms with E-state index in [4.69, 9.17) is 4.42 Å². The molecule has 1 atom stereocenters. The summed E-state index contributed by atoms with van der Waals surface area (Å²) in [4.78, 5) is 14.7. The van der Waals surface area contributed by atoms with Crippen molar-refractivity contribution in [3.63, 3.8) is 0 Å². The number of amides is 1. The normalized spacial score (nSPS) is 22.3. The maximum atomic E-state index is 12.3. The first-order valence-electron chi connectivity index (χ1n) is 9.24. The number of nitrogens with zero attached hydrogens (tertiary/aromatic N) is 4. The molecule has 2 aromatic rings. The number of piperidine rings is 1. The summed E-state index contributed by atoms with van der Waals surface area (Å²) in [6, 6.07) is 2.57. The zero-order valence-corrected chi connectivity index (χ0v) is 14.4. The fourth-order valence-corrected chi connectivity index (χ4v) is 3.92. The Morgan fingerprint density at radius 2 is 2.16 bits per heavy atom. The molecule has 2 fully saturated rings. The molecule has 0 radical (unpaired) electrons. The summed E-state index contributed by atoms with van der Waals surface area (Å²) in [7, 11) is 0. The first-order valence-corrected chi connectivity index (χ1v) is 9.24. The Morgan fingerprint density at radius 3 is 2.96 bits per heavy atom. The molecular formula is C18H25N5O2. The number of carbonyl (C=O) groups is 1. The highest BCUT2D eigenvalue weighted by molar-refractivity contribution is 5.92. The number of aromatic nitrogens is 3. The molecule has 4 rings (SSSR count). The average Bonchev–Trinajstić information content (AvgIpc) is 3.38. The molecule has 25 heavy (non-hydrogen) atoms. The summed E-state index contributed by atoms with van der Waals surface area (Å²) in [5.41, 5.74) is 1.62. The summed E-state index contributed by atoms with van der Waals surface area (Å²) in [6.07, 6.45) is 12.0. The minimum atomic E-state index is -0.0933. The molecule has 0 aromatic carbocycles. The van der Waals surface area contributed by atoms with Crippen molar-refractivity contribution in [1.82, 2.24) is 25.2 Å². The zero-order chi connectivity index (χ0) is 17.1. The predicted molar refractivity (Wildman–Crippen MR) is 92.0 cm³/mol. The number of carbonyl (C=O) groups excluding carboxylic acids is 1. The van der Waals surface area contributed by atoms with Gasteiger partial charge in [-0.15, -0.1) is 5.10 Å². The molecule has 1 saturated heterocycles. The maximum absolute atomic E-state index is 12.3. The molecule has 7 heteroatoms. The summed E-state index contributed by atoms with van der Waals surface area (Å²) in [5, 5.41) is 11.4. The quantitative estimate of drug-likeness (QED) is 0.902. The van der Waals surface area contributed by atoms with Crippen molar-refractivity contribution in [2.75, 3.05) is 13.1 Å². The van der Waals surface area contributed by atoms with Gasteiger partial charge in [0.05, 0.1) is 24.8 Å². The van der Waals surface area contributed by atoms with Crippen LogP contribution in [0.25, 0.3) is 0 Å². The smallest absolute Gasteiger partial charge is 0.273 e. The van der Waals surface area contributed by atoms with Gasteiger partial charge in [0.25, 0.3) is 5.91 Å². The monoisotopic (exact) mass is 343 g/mol. The Hall–Kier alpha value is -2.15. The Labute approximate surface area is 147 Å². The first kappa shape index (κ1) is 16.3. The van der Waals surface area contributed by atoms with Crippen LogP contribution in [0.1, 0.15) is 60.6 Å². The lowest BCUT2D eigenvalue weighted by Gasteiger charge is -2.32. The fourth-order valence-electron chi connectivity index (χ4n) is 3.92. The number of furan rings is 1. The van der Waals surface area contributed by atoms with Crippen molar-refractivity contribution in [2.45, 2.75) is 57.2 Å². The van der Waals surface area contributed by atoms with Crippen LogP contribution < -0.4 is 5.32 Å². The molecule has 1 N–H and O–H groups in total. The standard InChI is InChI=1S/C18H25N5O2/c24-18(19-15-4-1-2-5-15)17-12-23(21-20-17)16-6-3-8-22(11-16)10-14-7-9-25-13-14/h7,9,12-13,15-16H,1-6,8,10-11H2,(H,19,24). The molecule has 2 aliphatic rings. The highest BCUT2D eigenvalue weighted by Crippen LogP contribution is 2.23. The third-order valence-corrected chi connectivity index (χ3v) is 5.27. The number of likely N-dealkylation sites (tertiary alicyclic amines) is 1. The topological polar surface area (TPSA) is 76.2 Å². The first-order chi connectivity index (χ1) is 12.3. The molecule has 7 nitrogen and oxygen atoms in total. The van der Waals surface area contributed by atoms with Gasteiger partial charge in [-0.05, 0) is 38.3 Å². The van der Waals surface area contributed by atoms with Crippen molar-refractivity contribution >= 4 is 5.91 Å². The van der Waals surface area contributed by atoms with Crippen molar-refractivity contribution < 1.29 is 9.21 Å². The summed E-state index contributed by atoms with van der Waals surface area (Å²) >= 11 is 0. The average molecular weight is 343 g/mol. The van der Waals surface area contributed by atoms with Crippen LogP contribution in [-0.4, -0.2) is 44.9 Å². The van der Waals surface area contributed by atoms with Crippen molar-refractivity contribution in [3.8, 4) is 0 Å². The van der Waals surface area contributed by atoms with E-state index in [0.29, 0.717) is 11.7 Å². The molecule has 1 saturated carbocycles. The SMILES string of the molecule is O=C(NC1CCCC1)c1cn(C2CCCN(Cc3ccoc3)C2)nn1. The van der Waals surface area contributed by atoms with E-state index in [1.165, 1.54) is 18.4 Å². The molecule has 2 aromatic heterocycles. The van der Waals surface area contributed by atoms with Gasteiger partial charge in [0.15, 0.2) is 5.69 Å². The van der Waals surface area contributed by atoms with Gasteiger partial charge in [-0.3, -0.25) is 9.69 Å². The summed E-state index contributed by atoms with van der Waals surface area (Å²) < 4.78 is 7.02. The number of nitrogens with one attached hydrogen (secondary N) is 1. The molecule has 134 valence electrons. The molecule has 1 aliphatic heterocycles. The van der Waals surface area contributed by atoms with Crippen LogP contribution in [0.3, 0.4) is 0 Å². The second-order valence-electron chi connectivity index (χ2n) is 7.20. The highest BCUT2D eigenvalue weighted by Gasteiger charge is 2.24. The van der Waals surface area contributed by atoms with E-state index >= 15 is 0 Å². The Kier molecular flexibility index (Phi) is 4.83. The minimum Gasteiger partial charge on any atom is -0.472 e. The fraction of sp³-hybridized carbons (Fsp3) is 0.611. The van der Waals surface area contributed by atoms with E-state index in [9.17, 15) is 4.79 Å². The second-order valence-corrected chi connectivity index (χ2v) is 7.20. The van der Waals surface area contributed by atoms with Gasteiger partial charge in [0.1, 0.15) is 0 Å². The third kappa shape index (κ3) is 3.92. The van der Waals surface area contributed by atoms with E-state index in [0.717, 1.165) is 45.3 Å². The lowest BCUT2D eigenvalue weighted by atomic mass is 10.1.